The van der Waals surface area contributed by atoms with Crippen molar-refractivity contribution in [2.75, 3.05) is 5.32 Å². The van der Waals surface area contributed by atoms with E-state index in [-0.39, 0.29) is 6.04 Å². The van der Waals surface area contributed by atoms with E-state index in [1.165, 1.54) is 0 Å². The van der Waals surface area contributed by atoms with Crippen LogP contribution in [0, 0.1) is 0 Å². The van der Waals surface area contributed by atoms with E-state index < -0.39 is 0 Å². The number of anilines is 1. The molecule has 0 aliphatic rings. The molecule has 0 radical (unpaired) electrons. The topological polar surface area (TPSA) is 25.2 Å². The van der Waals surface area contributed by atoms with Crippen LogP contribution in [0.3, 0.4) is 0 Å². The molecule has 0 fully saturated rings. The molecule has 1 unspecified atom stereocenters. The highest BCUT2D eigenvalue weighted by atomic mass is 35.5. The van der Waals surface area contributed by atoms with E-state index in [1.54, 1.807) is 6.26 Å². The van der Waals surface area contributed by atoms with Gasteiger partial charge in [0, 0.05) is 12.5 Å². The van der Waals surface area contributed by atoms with Gasteiger partial charge in [0.05, 0.1) is 22.0 Å². The maximum Gasteiger partial charge on any atom is 0.105 e. The second-order valence-electron chi connectivity index (χ2n) is 3.93. The second kappa shape index (κ2) is 5.48. The minimum absolute atomic E-state index is 0.193. The lowest BCUT2D eigenvalue weighted by Gasteiger charge is -2.16. The Morgan fingerprint density at radius 1 is 1.18 bits per heavy atom. The molecule has 90 valence electrons. The van der Waals surface area contributed by atoms with Crippen molar-refractivity contribution in [1.29, 1.82) is 0 Å². The van der Waals surface area contributed by atoms with Gasteiger partial charge in [-0.1, -0.05) is 29.3 Å². The first-order chi connectivity index (χ1) is 8.16. The minimum atomic E-state index is 0.193. The van der Waals surface area contributed by atoms with Gasteiger partial charge < -0.3 is 9.73 Å². The van der Waals surface area contributed by atoms with Crippen LogP contribution in [0.5, 0.6) is 0 Å². The summed E-state index contributed by atoms with van der Waals surface area (Å²) in [6.45, 7) is 2.06. The van der Waals surface area contributed by atoms with Crippen molar-refractivity contribution >= 4 is 28.9 Å². The number of furan rings is 1. The normalized spacial score (nSPS) is 12.4. The van der Waals surface area contributed by atoms with Crippen LogP contribution in [0.2, 0.25) is 10.0 Å². The second-order valence-corrected chi connectivity index (χ2v) is 4.74. The number of nitrogens with one attached hydrogen (secondary N) is 1. The molecule has 2 rings (SSSR count). The summed E-state index contributed by atoms with van der Waals surface area (Å²) in [6, 6.07) is 9.48. The number of benzene rings is 1. The number of para-hydroxylation sites is 1. The third-order valence-corrected chi connectivity index (χ3v) is 3.07. The molecule has 17 heavy (non-hydrogen) atoms. The van der Waals surface area contributed by atoms with Crippen LogP contribution in [0.15, 0.2) is 41.0 Å². The highest BCUT2D eigenvalue weighted by molar-refractivity contribution is 6.39. The Hall–Kier alpha value is -1.12. The average molecular weight is 270 g/mol. The molecular formula is C13H13Cl2NO. The molecule has 1 N–H and O–H groups in total. The Morgan fingerprint density at radius 3 is 2.47 bits per heavy atom. The van der Waals surface area contributed by atoms with Crippen LogP contribution in [0.25, 0.3) is 0 Å². The molecule has 1 heterocycles. The number of hydrogen-bond acceptors (Lipinski definition) is 2. The highest BCUT2D eigenvalue weighted by Gasteiger charge is 2.10. The summed E-state index contributed by atoms with van der Waals surface area (Å²) < 4.78 is 5.30. The summed E-state index contributed by atoms with van der Waals surface area (Å²) in [5.41, 5.74) is 0.773. The quantitative estimate of drug-likeness (QED) is 0.876. The van der Waals surface area contributed by atoms with Gasteiger partial charge in [0.2, 0.25) is 0 Å². The SMILES string of the molecule is CC(Cc1ccco1)Nc1c(Cl)cccc1Cl. The van der Waals surface area contributed by atoms with E-state index in [4.69, 9.17) is 27.6 Å². The molecule has 0 spiro atoms. The summed E-state index contributed by atoms with van der Waals surface area (Å²) in [5.74, 6) is 0.938. The van der Waals surface area contributed by atoms with E-state index >= 15 is 0 Å². The van der Waals surface area contributed by atoms with E-state index in [0.717, 1.165) is 17.9 Å². The fourth-order valence-electron chi connectivity index (χ4n) is 1.66. The Morgan fingerprint density at radius 2 is 1.88 bits per heavy atom. The van der Waals surface area contributed by atoms with Gasteiger partial charge >= 0.3 is 0 Å². The fraction of sp³-hybridized carbons (Fsp3) is 0.231. The van der Waals surface area contributed by atoms with Gasteiger partial charge in [-0.2, -0.15) is 0 Å². The van der Waals surface area contributed by atoms with E-state index in [0.29, 0.717) is 10.0 Å². The molecular weight excluding hydrogens is 257 g/mol. The number of rotatable bonds is 4. The zero-order chi connectivity index (χ0) is 12.3. The first-order valence-corrected chi connectivity index (χ1v) is 6.15. The fourth-order valence-corrected chi connectivity index (χ4v) is 2.17. The highest BCUT2D eigenvalue weighted by Crippen LogP contribution is 2.30. The maximum atomic E-state index is 6.09. The van der Waals surface area contributed by atoms with Crippen molar-refractivity contribution in [3.63, 3.8) is 0 Å². The van der Waals surface area contributed by atoms with Gasteiger partial charge in [-0.25, -0.2) is 0 Å². The zero-order valence-corrected chi connectivity index (χ0v) is 10.9. The molecule has 1 aromatic heterocycles. The zero-order valence-electron chi connectivity index (χ0n) is 9.41. The molecule has 1 atom stereocenters. The predicted octanol–water partition coefficient (Wildman–Crippen LogP) is 4.63. The van der Waals surface area contributed by atoms with Crippen LogP contribution in [-0.4, -0.2) is 6.04 Å². The molecule has 2 nitrogen and oxygen atoms in total. The molecule has 0 saturated heterocycles. The van der Waals surface area contributed by atoms with Crippen LogP contribution in [-0.2, 0) is 6.42 Å². The lowest BCUT2D eigenvalue weighted by molar-refractivity contribution is 0.498. The standard InChI is InChI=1S/C13H13Cl2NO/c1-9(8-10-4-3-7-17-10)16-13-11(14)5-2-6-12(13)15/h2-7,9,16H,8H2,1H3. The van der Waals surface area contributed by atoms with Crippen molar-refractivity contribution in [3.8, 4) is 0 Å². The molecule has 4 heteroatoms. The molecule has 0 bridgehead atoms. The molecule has 0 saturated carbocycles. The Bertz CT molecular complexity index is 462. The Kier molecular flexibility index (Phi) is 3.97. The molecule has 1 aromatic carbocycles. The average Bonchev–Trinajstić information content (AvgIpc) is 2.76. The van der Waals surface area contributed by atoms with Crippen LogP contribution >= 0.6 is 23.2 Å². The largest absolute Gasteiger partial charge is 0.469 e. The van der Waals surface area contributed by atoms with Crippen molar-refractivity contribution in [1.82, 2.24) is 0 Å². The van der Waals surface area contributed by atoms with E-state index in [1.807, 2.05) is 30.3 Å². The lowest BCUT2D eigenvalue weighted by atomic mass is 10.2. The lowest BCUT2D eigenvalue weighted by Crippen LogP contribution is -2.18. The van der Waals surface area contributed by atoms with E-state index in [2.05, 4.69) is 12.2 Å². The monoisotopic (exact) mass is 269 g/mol. The van der Waals surface area contributed by atoms with Crippen LogP contribution in [0.4, 0.5) is 5.69 Å². The van der Waals surface area contributed by atoms with Crippen molar-refractivity contribution < 1.29 is 4.42 Å². The first kappa shape index (κ1) is 12.3. The molecule has 0 amide bonds. The van der Waals surface area contributed by atoms with Crippen LogP contribution < -0.4 is 5.32 Å². The van der Waals surface area contributed by atoms with Gasteiger partial charge in [0.25, 0.3) is 0 Å². The van der Waals surface area contributed by atoms with Gasteiger partial charge in [0.1, 0.15) is 5.76 Å². The Labute approximate surface area is 111 Å². The van der Waals surface area contributed by atoms with Gasteiger partial charge in [-0.3, -0.25) is 0 Å². The van der Waals surface area contributed by atoms with Crippen molar-refractivity contribution in [2.45, 2.75) is 19.4 Å². The predicted molar refractivity (Wildman–Crippen MR) is 72.0 cm³/mol. The maximum absolute atomic E-state index is 6.09. The smallest absolute Gasteiger partial charge is 0.105 e. The van der Waals surface area contributed by atoms with Gasteiger partial charge in [-0.15, -0.1) is 0 Å². The minimum Gasteiger partial charge on any atom is -0.469 e. The van der Waals surface area contributed by atoms with Gasteiger partial charge in [0.15, 0.2) is 0 Å². The van der Waals surface area contributed by atoms with E-state index in [9.17, 15) is 0 Å². The van der Waals surface area contributed by atoms with Gasteiger partial charge in [-0.05, 0) is 31.2 Å². The third-order valence-electron chi connectivity index (χ3n) is 2.44. The molecule has 0 aliphatic heterocycles. The molecule has 0 aliphatic carbocycles. The summed E-state index contributed by atoms with van der Waals surface area (Å²) in [7, 11) is 0. The number of halogens is 2. The van der Waals surface area contributed by atoms with Crippen LogP contribution in [0.1, 0.15) is 12.7 Å². The number of hydrogen-bond donors (Lipinski definition) is 1. The first-order valence-electron chi connectivity index (χ1n) is 5.39. The molecule has 2 aromatic rings. The van der Waals surface area contributed by atoms with Crippen molar-refractivity contribution in [3.05, 3.63) is 52.4 Å². The summed E-state index contributed by atoms with van der Waals surface area (Å²) >= 11 is 12.2. The third kappa shape index (κ3) is 3.18. The summed E-state index contributed by atoms with van der Waals surface area (Å²) in [6.07, 6.45) is 2.46. The summed E-state index contributed by atoms with van der Waals surface area (Å²) in [5, 5.41) is 4.55. The van der Waals surface area contributed by atoms with Crippen molar-refractivity contribution in [2.24, 2.45) is 0 Å². The Balaban J connectivity index is 2.05. The summed E-state index contributed by atoms with van der Waals surface area (Å²) in [4.78, 5) is 0.